The molecule has 0 saturated carbocycles. The van der Waals surface area contributed by atoms with Crippen LogP contribution in [0.5, 0.6) is 0 Å². The Bertz CT molecular complexity index is 851. The molecular weight excluding hydrogens is 362 g/mol. The summed E-state index contributed by atoms with van der Waals surface area (Å²) >= 11 is 0. The van der Waals surface area contributed by atoms with Crippen molar-refractivity contribution in [2.45, 2.75) is 38.6 Å². The van der Waals surface area contributed by atoms with Crippen LogP contribution in [0.4, 0.5) is 8.78 Å². The van der Waals surface area contributed by atoms with Crippen molar-refractivity contribution in [1.29, 1.82) is 0 Å². The second-order valence-electron chi connectivity index (χ2n) is 8.30. The Morgan fingerprint density at radius 2 is 1.86 bits per heavy atom. The molecular formula is C21H26F2N4O. The number of H-pyrrole nitrogens is 1. The Morgan fingerprint density at radius 3 is 2.50 bits per heavy atom. The Balaban J connectivity index is 1.56. The van der Waals surface area contributed by atoms with E-state index in [0.717, 1.165) is 56.2 Å². The molecule has 0 atom stereocenters. The van der Waals surface area contributed by atoms with E-state index in [4.69, 9.17) is 0 Å². The van der Waals surface area contributed by atoms with Crippen LogP contribution < -0.4 is 0 Å². The van der Waals surface area contributed by atoms with Gasteiger partial charge in [0.25, 0.3) is 5.91 Å². The largest absolute Gasteiger partial charge is 0.348 e. The second-order valence-corrected chi connectivity index (χ2v) is 8.30. The molecule has 150 valence electrons. The summed E-state index contributed by atoms with van der Waals surface area (Å²) in [6.07, 6.45) is 4.25. The molecule has 1 aromatic heterocycles. The van der Waals surface area contributed by atoms with Crippen LogP contribution in [0, 0.1) is 17.6 Å². The average Bonchev–Trinajstić information content (AvgIpc) is 3.13. The van der Waals surface area contributed by atoms with Crippen molar-refractivity contribution >= 4 is 5.91 Å². The third-order valence-electron chi connectivity index (χ3n) is 5.97. The van der Waals surface area contributed by atoms with E-state index in [0.29, 0.717) is 19.0 Å². The van der Waals surface area contributed by atoms with Crippen LogP contribution in [0.25, 0.3) is 0 Å². The van der Waals surface area contributed by atoms with Gasteiger partial charge in [-0.3, -0.25) is 9.69 Å². The van der Waals surface area contributed by atoms with Gasteiger partial charge >= 0.3 is 0 Å². The molecule has 1 saturated heterocycles. The van der Waals surface area contributed by atoms with Crippen molar-refractivity contribution in [1.82, 2.24) is 19.8 Å². The van der Waals surface area contributed by atoms with Crippen LogP contribution in [0.2, 0.25) is 0 Å². The first-order chi connectivity index (χ1) is 13.4. The molecule has 1 spiro atoms. The first kappa shape index (κ1) is 19.1. The number of aromatic nitrogens is 2. The minimum atomic E-state index is -0.728. The Hall–Kier alpha value is -2.28. The Morgan fingerprint density at radius 1 is 1.18 bits per heavy atom. The Labute approximate surface area is 163 Å². The summed E-state index contributed by atoms with van der Waals surface area (Å²) < 4.78 is 27.0. The molecule has 1 amide bonds. The van der Waals surface area contributed by atoms with Crippen LogP contribution >= 0.6 is 0 Å². The molecule has 0 aliphatic carbocycles. The number of piperidine rings is 1. The number of nitrogens with zero attached hydrogens (tertiary/aromatic N) is 3. The number of carbonyl (C=O) groups is 1. The molecule has 2 aliphatic rings. The number of rotatable bonds is 3. The number of nitrogens with one attached hydrogen (secondary N) is 1. The number of benzene rings is 1. The predicted molar refractivity (Wildman–Crippen MR) is 102 cm³/mol. The molecule has 0 bridgehead atoms. The van der Waals surface area contributed by atoms with E-state index in [1.807, 2.05) is 0 Å². The van der Waals surface area contributed by atoms with Gasteiger partial charge in [0.15, 0.2) is 0 Å². The minimum absolute atomic E-state index is 0.0663. The fourth-order valence-electron chi connectivity index (χ4n) is 4.72. The maximum Gasteiger partial charge on any atom is 0.254 e. The van der Waals surface area contributed by atoms with Crippen LogP contribution in [-0.4, -0.2) is 51.9 Å². The van der Waals surface area contributed by atoms with Gasteiger partial charge in [-0.1, -0.05) is 13.8 Å². The van der Waals surface area contributed by atoms with Crippen molar-refractivity contribution in [3.8, 4) is 0 Å². The van der Waals surface area contributed by atoms with Gasteiger partial charge in [-0.05, 0) is 30.9 Å². The second kappa shape index (κ2) is 7.28. The summed E-state index contributed by atoms with van der Waals surface area (Å²) in [5, 5.41) is 0. The standard InChI is InChI=1S/C21H26F2N4O/c1-14(2)12-27-6-3-18-19(25-13-24-18)21(27)4-7-26(8-5-21)20(28)15-9-16(22)11-17(23)10-15/h9-11,13-14H,3-8,12H2,1-2H3,(H,24,25). The van der Waals surface area contributed by atoms with Gasteiger partial charge < -0.3 is 9.88 Å². The van der Waals surface area contributed by atoms with Gasteiger partial charge in [-0.2, -0.15) is 0 Å². The van der Waals surface area contributed by atoms with E-state index >= 15 is 0 Å². The summed E-state index contributed by atoms with van der Waals surface area (Å²) in [6, 6.07) is 2.99. The lowest BCUT2D eigenvalue weighted by Crippen LogP contribution is -2.57. The fraction of sp³-hybridized carbons (Fsp3) is 0.524. The van der Waals surface area contributed by atoms with Gasteiger partial charge in [0.1, 0.15) is 11.6 Å². The SMILES string of the molecule is CC(C)CN1CCc2[nH]cnc2C12CCN(C(=O)c1cc(F)cc(F)c1)CC2. The average molecular weight is 388 g/mol. The van der Waals surface area contributed by atoms with Crippen molar-refractivity contribution in [2.75, 3.05) is 26.2 Å². The fourth-order valence-corrected chi connectivity index (χ4v) is 4.72. The third-order valence-corrected chi connectivity index (χ3v) is 5.97. The molecule has 2 aliphatic heterocycles. The molecule has 4 rings (SSSR count). The van der Waals surface area contributed by atoms with Crippen molar-refractivity contribution in [3.05, 3.63) is 53.1 Å². The summed E-state index contributed by atoms with van der Waals surface area (Å²) in [5.41, 5.74) is 2.17. The van der Waals surface area contributed by atoms with Crippen LogP contribution in [0.3, 0.4) is 0 Å². The highest BCUT2D eigenvalue weighted by Crippen LogP contribution is 2.42. The van der Waals surface area contributed by atoms with E-state index in [1.54, 1.807) is 11.2 Å². The lowest BCUT2D eigenvalue weighted by atomic mass is 9.78. The quantitative estimate of drug-likeness (QED) is 0.878. The number of fused-ring (bicyclic) bond motifs is 2. The van der Waals surface area contributed by atoms with Gasteiger partial charge in [-0.15, -0.1) is 0 Å². The topological polar surface area (TPSA) is 52.2 Å². The highest BCUT2D eigenvalue weighted by atomic mass is 19.1. The molecule has 0 radical (unpaired) electrons. The van der Waals surface area contributed by atoms with Gasteiger partial charge in [0.05, 0.1) is 17.6 Å². The number of amides is 1. The molecule has 7 heteroatoms. The molecule has 0 unspecified atom stereocenters. The zero-order valence-corrected chi connectivity index (χ0v) is 16.3. The van der Waals surface area contributed by atoms with Crippen LogP contribution in [0.15, 0.2) is 24.5 Å². The number of likely N-dealkylation sites (tertiary alicyclic amines) is 1. The monoisotopic (exact) mass is 388 g/mol. The summed E-state index contributed by atoms with van der Waals surface area (Å²) in [6.45, 7) is 7.46. The summed E-state index contributed by atoms with van der Waals surface area (Å²) in [4.78, 5) is 24.9. The Kier molecular flexibility index (Phi) is 4.95. The van der Waals surface area contributed by atoms with E-state index in [-0.39, 0.29) is 17.0 Å². The minimum Gasteiger partial charge on any atom is -0.348 e. The van der Waals surface area contributed by atoms with E-state index in [1.165, 1.54) is 5.69 Å². The van der Waals surface area contributed by atoms with E-state index < -0.39 is 11.6 Å². The highest BCUT2D eigenvalue weighted by Gasteiger charge is 2.47. The van der Waals surface area contributed by atoms with Crippen LogP contribution in [-0.2, 0) is 12.0 Å². The third kappa shape index (κ3) is 3.32. The molecule has 1 N–H and O–H groups in total. The van der Waals surface area contributed by atoms with Gasteiger partial charge in [0.2, 0.25) is 0 Å². The van der Waals surface area contributed by atoms with Crippen molar-refractivity contribution in [3.63, 3.8) is 0 Å². The van der Waals surface area contributed by atoms with Gasteiger partial charge in [0, 0.05) is 49.9 Å². The molecule has 3 heterocycles. The van der Waals surface area contributed by atoms with Gasteiger partial charge in [-0.25, -0.2) is 13.8 Å². The molecule has 1 aromatic carbocycles. The maximum absolute atomic E-state index is 13.5. The maximum atomic E-state index is 13.5. The molecule has 1 fully saturated rings. The lowest BCUT2D eigenvalue weighted by Gasteiger charge is -2.51. The van der Waals surface area contributed by atoms with Crippen molar-refractivity contribution < 1.29 is 13.6 Å². The first-order valence-corrected chi connectivity index (χ1v) is 9.92. The summed E-state index contributed by atoms with van der Waals surface area (Å²) in [5.74, 6) is -1.24. The number of imidazole rings is 1. The normalized spacial score (nSPS) is 19.2. The highest BCUT2D eigenvalue weighted by molar-refractivity contribution is 5.94. The molecule has 2 aromatic rings. The zero-order chi connectivity index (χ0) is 19.9. The number of hydrogen-bond donors (Lipinski definition) is 1. The number of carbonyl (C=O) groups excluding carboxylic acids is 1. The van der Waals surface area contributed by atoms with Crippen molar-refractivity contribution in [2.24, 2.45) is 5.92 Å². The lowest BCUT2D eigenvalue weighted by molar-refractivity contribution is 0.000595. The number of hydrogen-bond acceptors (Lipinski definition) is 3. The zero-order valence-electron chi connectivity index (χ0n) is 16.3. The molecule has 28 heavy (non-hydrogen) atoms. The first-order valence-electron chi connectivity index (χ1n) is 9.92. The number of aromatic amines is 1. The van der Waals surface area contributed by atoms with E-state index in [2.05, 4.69) is 28.7 Å². The smallest absolute Gasteiger partial charge is 0.254 e. The number of halogens is 2. The van der Waals surface area contributed by atoms with E-state index in [9.17, 15) is 13.6 Å². The predicted octanol–water partition coefficient (Wildman–Crippen LogP) is 3.33. The van der Waals surface area contributed by atoms with Crippen LogP contribution in [0.1, 0.15) is 48.4 Å². The summed E-state index contributed by atoms with van der Waals surface area (Å²) in [7, 11) is 0. The molecule has 5 nitrogen and oxygen atoms in total.